The first kappa shape index (κ1) is 18.2. The summed E-state index contributed by atoms with van der Waals surface area (Å²) in [6, 6.07) is 12.7. The Labute approximate surface area is 145 Å². The van der Waals surface area contributed by atoms with Crippen molar-refractivity contribution in [3.8, 4) is 0 Å². The van der Waals surface area contributed by atoms with E-state index in [1.165, 1.54) is 12.1 Å². The van der Waals surface area contributed by atoms with E-state index in [0.717, 1.165) is 0 Å². The molecular weight excluding hydrogens is 320 g/mol. The number of aromatic carboxylic acids is 1. The topological polar surface area (TPSA) is 95.5 Å². The van der Waals surface area contributed by atoms with Gasteiger partial charge in [0.15, 0.2) is 0 Å². The molecule has 0 bridgehead atoms. The lowest BCUT2D eigenvalue weighted by atomic mass is 9.95. The second kappa shape index (κ2) is 7.17. The van der Waals surface area contributed by atoms with Crippen molar-refractivity contribution >= 4 is 29.2 Å². The zero-order valence-corrected chi connectivity index (χ0v) is 14.3. The van der Waals surface area contributed by atoms with Crippen LogP contribution in [0.15, 0.2) is 48.5 Å². The highest BCUT2D eigenvalue weighted by molar-refractivity contribution is 6.10. The molecule has 0 saturated heterocycles. The van der Waals surface area contributed by atoms with E-state index in [9.17, 15) is 19.5 Å². The Morgan fingerprint density at radius 1 is 0.840 bits per heavy atom. The smallest absolute Gasteiger partial charge is 0.336 e. The van der Waals surface area contributed by atoms with Crippen LogP contribution in [0.1, 0.15) is 41.5 Å². The largest absolute Gasteiger partial charge is 0.478 e. The maximum Gasteiger partial charge on any atom is 0.336 e. The van der Waals surface area contributed by atoms with Gasteiger partial charge in [0.05, 0.1) is 11.1 Å². The Morgan fingerprint density at radius 2 is 1.40 bits per heavy atom. The molecule has 2 rings (SSSR count). The summed E-state index contributed by atoms with van der Waals surface area (Å²) >= 11 is 0. The van der Waals surface area contributed by atoms with E-state index >= 15 is 0 Å². The molecule has 0 aliphatic heterocycles. The molecular formula is C19H20N2O4. The Hall–Kier alpha value is -3.15. The van der Waals surface area contributed by atoms with Crippen LogP contribution < -0.4 is 10.6 Å². The molecule has 0 unspecified atom stereocenters. The fraction of sp³-hybridized carbons (Fsp3) is 0.211. The summed E-state index contributed by atoms with van der Waals surface area (Å²) in [5, 5.41) is 14.6. The van der Waals surface area contributed by atoms with Crippen molar-refractivity contribution < 1.29 is 19.5 Å². The number of rotatable bonds is 4. The second-order valence-electron chi connectivity index (χ2n) is 6.59. The minimum Gasteiger partial charge on any atom is -0.478 e. The van der Waals surface area contributed by atoms with Crippen molar-refractivity contribution in [2.75, 3.05) is 10.6 Å². The van der Waals surface area contributed by atoms with Gasteiger partial charge in [0, 0.05) is 16.8 Å². The fourth-order valence-corrected chi connectivity index (χ4v) is 2.06. The molecule has 3 N–H and O–H groups in total. The first-order chi connectivity index (χ1) is 11.7. The number of benzene rings is 2. The maximum atomic E-state index is 12.4. The molecule has 0 aliphatic carbocycles. The summed E-state index contributed by atoms with van der Waals surface area (Å²) in [5.41, 5.74) is 0.456. The highest BCUT2D eigenvalue weighted by Gasteiger charge is 2.21. The predicted molar refractivity (Wildman–Crippen MR) is 95.9 cm³/mol. The number of hydrogen-bond acceptors (Lipinski definition) is 3. The Kier molecular flexibility index (Phi) is 5.22. The van der Waals surface area contributed by atoms with Crippen LogP contribution in [-0.2, 0) is 4.79 Å². The molecule has 6 nitrogen and oxygen atoms in total. The van der Waals surface area contributed by atoms with Gasteiger partial charge < -0.3 is 15.7 Å². The van der Waals surface area contributed by atoms with Crippen LogP contribution in [0.25, 0.3) is 0 Å². The number of anilines is 2. The molecule has 2 aromatic rings. The maximum absolute atomic E-state index is 12.4. The normalized spacial score (nSPS) is 10.8. The Morgan fingerprint density at radius 3 is 1.96 bits per heavy atom. The number of nitrogens with one attached hydrogen (secondary N) is 2. The summed E-state index contributed by atoms with van der Waals surface area (Å²) in [6.45, 7) is 5.41. The predicted octanol–water partition coefficient (Wildman–Crippen LogP) is 3.62. The number of carboxylic acid groups (broad SMARTS) is 1. The summed E-state index contributed by atoms with van der Waals surface area (Å²) in [5.74, 6) is -1.85. The first-order valence-electron chi connectivity index (χ1n) is 7.73. The van der Waals surface area contributed by atoms with Gasteiger partial charge in [-0.15, -0.1) is 0 Å². The molecule has 0 spiro atoms. The van der Waals surface area contributed by atoms with Crippen LogP contribution in [-0.4, -0.2) is 22.9 Å². The van der Waals surface area contributed by atoms with E-state index in [-0.39, 0.29) is 17.0 Å². The van der Waals surface area contributed by atoms with Crippen LogP contribution in [0.5, 0.6) is 0 Å². The number of carboxylic acids is 1. The number of carbonyl (C=O) groups excluding carboxylic acids is 2. The van der Waals surface area contributed by atoms with Gasteiger partial charge in [-0.1, -0.05) is 39.0 Å². The highest BCUT2D eigenvalue weighted by Crippen LogP contribution is 2.21. The minimum atomic E-state index is -1.17. The molecule has 0 heterocycles. The van der Waals surface area contributed by atoms with Gasteiger partial charge in [-0.25, -0.2) is 4.79 Å². The lowest BCUT2D eigenvalue weighted by Gasteiger charge is -2.18. The third kappa shape index (κ3) is 4.67. The Bertz CT molecular complexity index is 822. The second-order valence-corrected chi connectivity index (χ2v) is 6.59. The fourth-order valence-electron chi connectivity index (χ4n) is 2.06. The molecule has 2 aromatic carbocycles. The van der Waals surface area contributed by atoms with E-state index in [2.05, 4.69) is 10.6 Å². The molecule has 0 aromatic heterocycles. The van der Waals surface area contributed by atoms with Crippen LogP contribution in [0.3, 0.4) is 0 Å². The molecule has 0 saturated carbocycles. The van der Waals surface area contributed by atoms with Gasteiger partial charge in [0.2, 0.25) is 5.91 Å². The van der Waals surface area contributed by atoms with E-state index in [1.54, 1.807) is 57.2 Å². The highest BCUT2D eigenvalue weighted by atomic mass is 16.4. The van der Waals surface area contributed by atoms with Gasteiger partial charge in [-0.2, -0.15) is 0 Å². The van der Waals surface area contributed by atoms with Crippen molar-refractivity contribution in [3.63, 3.8) is 0 Å². The first-order valence-corrected chi connectivity index (χ1v) is 7.73. The van der Waals surface area contributed by atoms with Crippen LogP contribution in [0, 0.1) is 5.41 Å². The molecule has 6 heteroatoms. The standard InChI is InChI=1S/C19H20N2O4/c1-19(2,3)18(25)21-13-8-6-7-12(11-13)20-16(22)14-9-4-5-10-15(14)17(23)24/h4-11H,1-3H3,(H,20,22)(H,21,25)(H,23,24). The van der Waals surface area contributed by atoms with Crippen LogP contribution >= 0.6 is 0 Å². The van der Waals surface area contributed by atoms with Crippen LogP contribution in [0.2, 0.25) is 0 Å². The number of hydrogen-bond donors (Lipinski definition) is 3. The molecule has 2 amide bonds. The zero-order chi connectivity index (χ0) is 18.6. The molecule has 0 atom stereocenters. The number of amides is 2. The molecule has 130 valence electrons. The third-order valence-corrected chi connectivity index (χ3v) is 3.46. The van der Waals surface area contributed by atoms with Crippen molar-refractivity contribution in [1.29, 1.82) is 0 Å². The van der Waals surface area contributed by atoms with E-state index in [1.807, 2.05) is 0 Å². The lowest BCUT2D eigenvalue weighted by molar-refractivity contribution is -0.123. The van der Waals surface area contributed by atoms with Gasteiger partial charge in [-0.3, -0.25) is 9.59 Å². The Balaban J connectivity index is 2.19. The van der Waals surface area contributed by atoms with Crippen molar-refractivity contribution in [2.24, 2.45) is 5.41 Å². The third-order valence-electron chi connectivity index (χ3n) is 3.46. The summed E-state index contributed by atoms with van der Waals surface area (Å²) in [4.78, 5) is 35.6. The quantitative estimate of drug-likeness (QED) is 0.792. The summed E-state index contributed by atoms with van der Waals surface area (Å²) in [7, 11) is 0. The SMILES string of the molecule is CC(C)(C)C(=O)Nc1cccc(NC(=O)c2ccccc2C(=O)O)c1. The van der Waals surface area contributed by atoms with E-state index < -0.39 is 17.3 Å². The summed E-state index contributed by atoms with van der Waals surface area (Å²) < 4.78 is 0. The van der Waals surface area contributed by atoms with Crippen molar-refractivity contribution in [1.82, 2.24) is 0 Å². The van der Waals surface area contributed by atoms with Crippen LogP contribution in [0.4, 0.5) is 11.4 Å². The molecule has 0 radical (unpaired) electrons. The summed E-state index contributed by atoms with van der Waals surface area (Å²) in [6.07, 6.45) is 0. The monoisotopic (exact) mass is 340 g/mol. The number of carbonyl (C=O) groups is 3. The van der Waals surface area contributed by atoms with Crippen molar-refractivity contribution in [2.45, 2.75) is 20.8 Å². The lowest BCUT2D eigenvalue weighted by Crippen LogP contribution is -2.27. The van der Waals surface area contributed by atoms with Gasteiger partial charge >= 0.3 is 5.97 Å². The average Bonchev–Trinajstić information content (AvgIpc) is 2.54. The molecule has 0 aliphatic rings. The zero-order valence-electron chi connectivity index (χ0n) is 14.3. The average molecular weight is 340 g/mol. The van der Waals surface area contributed by atoms with Crippen molar-refractivity contribution in [3.05, 3.63) is 59.7 Å². The van der Waals surface area contributed by atoms with E-state index in [0.29, 0.717) is 11.4 Å². The molecule has 25 heavy (non-hydrogen) atoms. The van der Waals surface area contributed by atoms with Gasteiger partial charge in [-0.05, 0) is 30.3 Å². The van der Waals surface area contributed by atoms with Gasteiger partial charge in [0.1, 0.15) is 0 Å². The molecule has 0 fully saturated rings. The van der Waals surface area contributed by atoms with E-state index in [4.69, 9.17) is 0 Å². The minimum absolute atomic E-state index is 0.0686. The van der Waals surface area contributed by atoms with Gasteiger partial charge in [0.25, 0.3) is 5.91 Å².